The van der Waals surface area contributed by atoms with Gasteiger partial charge in [-0.2, -0.15) is 0 Å². The first-order valence-corrected chi connectivity index (χ1v) is 5.59. The van der Waals surface area contributed by atoms with E-state index < -0.39 is 0 Å². The van der Waals surface area contributed by atoms with E-state index >= 15 is 0 Å². The van der Waals surface area contributed by atoms with Crippen LogP contribution in [0.2, 0.25) is 0 Å². The monoisotopic (exact) mass is 223 g/mol. The third-order valence-corrected chi connectivity index (χ3v) is 2.91. The predicted octanol–water partition coefficient (Wildman–Crippen LogP) is 1.11. The Bertz CT molecular complexity index is 386. The number of amides is 1. The minimum absolute atomic E-state index is 0.0712. The maximum absolute atomic E-state index is 11.7. The van der Waals surface area contributed by atoms with E-state index in [9.17, 15) is 4.79 Å². The van der Waals surface area contributed by atoms with Gasteiger partial charge in [0.05, 0.1) is 5.69 Å². The van der Waals surface area contributed by atoms with E-state index in [-0.39, 0.29) is 11.8 Å². The van der Waals surface area contributed by atoms with Crippen molar-refractivity contribution in [2.75, 3.05) is 18.0 Å². The summed E-state index contributed by atoms with van der Waals surface area (Å²) < 4.78 is 5.19. The van der Waals surface area contributed by atoms with E-state index in [4.69, 9.17) is 10.3 Å². The van der Waals surface area contributed by atoms with Crippen LogP contribution in [0.4, 0.5) is 5.88 Å². The maximum Gasteiger partial charge on any atom is 0.234 e. The van der Waals surface area contributed by atoms with Crippen molar-refractivity contribution in [2.45, 2.75) is 26.2 Å². The van der Waals surface area contributed by atoms with Gasteiger partial charge in [0, 0.05) is 19.0 Å². The fraction of sp³-hybridized carbons (Fsp3) is 0.636. The largest absolute Gasteiger partial charge is 0.338 e. The molecule has 2 N–H and O–H groups in total. The van der Waals surface area contributed by atoms with E-state index in [1.807, 2.05) is 19.9 Å². The van der Waals surface area contributed by atoms with Crippen molar-refractivity contribution < 1.29 is 9.32 Å². The number of hydrogen-bond acceptors (Lipinski definition) is 4. The molecule has 0 bridgehead atoms. The summed E-state index contributed by atoms with van der Waals surface area (Å²) in [7, 11) is 0. The average molecular weight is 223 g/mol. The molecule has 0 saturated carbocycles. The molecule has 5 nitrogen and oxygen atoms in total. The summed E-state index contributed by atoms with van der Waals surface area (Å²) in [5.41, 5.74) is 6.44. The smallest absolute Gasteiger partial charge is 0.234 e. The van der Waals surface area contributed by atoms with Gasteiger partial charge < -0.3 is 10.3 Å². The molecule has 2 heterocycles. The van der Waals surface area contributed by atoms with E-state index in [2.05, 4.69) is 5.16 Å². The van der Waals surface area contributed by atoms with E-state index in [0.717, 1.165) is 5.69 Å². The predicted molar refractivity (Wildman–Crippen MR) is 60.1 cm³/mol. The van der Waals surface area contributed by atoms with Crippen LogP contribution < -0.4 is 10.6 Å². The first kappa shape index (κ1) is 11.1. The number of carbonyl (C=O) groups excluding carboxylic acids is 1. The normalized spacial score (nSPS) is 21.1. The molecule has 1 atom stereocenters. The van der Waals surface area contributed by atoms with Crippen LogP contribution in [-0.4, -0.2) is 24.2 Å². The Kier molecular flexibility index (Phi) is 2.96. The molecule has 1 aliphatic heterocycles. The van der Waals surface area contributed by atoms with E-state index in [1.165, 1.54) is 0 Å². The Morgan fingerprint density at radius 3 is 2.94 bits per heavy atom. The van der Waals surface area contributed by atoms with Crippen LogP contribution >= 0.6 is 0 Å². The SMILES string of the molecule is CC(C)c1cc(N2CC(CN)CC2=O)on1. The number of hydrogen-bond donors (Lipinski definition) is 1. The van der Waals surface area contributed by atoms with E-state index in [1.54, 1.807) is 4.90 Å². The lowest BCUT2D eigenvalue weighted by Gasteiger charge is -2.10. The third-order valence-electron chi connectivity index (χ3n) is 2.91. The zero-order valence-electron chi connectivity index (χ0n) is 9.64. The molecule has 16 heavy (non-hydrogen) atoms. The lowest BCUT2D eigenvalue weighted by Crippen LogP contribution is -2.25. The van der Waals surface area contributed by atoms with Crippen molar-refractivity contribution in [3.05, 3.63) is 11.8 Å². The van der Waals surface area contributed by atoms with Gasteiger partial charge in [0.2, 0.25) is 11.8 Å². The highest BCUT2D eigenvalue weighted by molar-refractivity contribution is 5.94. The molecule has 1 fully saturated rings. The van der Waals surface area contributed by atoms with Gasteiger partial charge in [-0.05, 0) is 18.4 Å². The number of anilines is 1. The number of aromatic nitrogens is 1. The highest BCUT2D eigenvalue weighted by atomic mass is 16.5. The van der Waals surface area contributed by atoms with Gasteiger partial charge in [0.15, 0.2) is 0 Å². The summed E-state index contributed by atoms with van der Waals surface area (Å²) in [5.74, 6) is 1.16. The first-order valence-electron chi connectivity index (χ1n) is 5.59. The van der Waals surface area contributed by atoms with Crippen LogP contribution in [-0.2, 0) is 4.79 Å². The second kappa shape index (κ2) is 4.25. The van der Waals surface area contributed by atoms with Gasteiger partial charge in [-0.15, -0.1) is 0 Å². The Hall–Kier alpha value is -1.36. The van der Waals surface area contributed by atoms with Gasteiger partial charge in [-0.3, -0.25) is 9.69 Å². The Morgan fingerprint density at radius 1 is 1.69 bits per heavy atom. The van der Waals surface area contributed by atoms with Crippen LogP contribution in [0.1, 0.15) is 31.9 Å². The van der Waals surface area contributed by atoms with Crippen molar-refractivity contribution in [3.63, 3.8) is 0 Å². The minimum Gasteiger partial charge on any atom is -0.338 e. The Balaban J connectivity index is 2.15. The molecule has 0 radical (unpaired) electrons. The summed E-state index contributed by atoms with van der Waals surface area (Å²) in [6.45, 7) is 5.25. The second-order valence-electron chi connectivity index (χ2n) is 4.55. The standard InChI is InChI=1S/C11H17N3O2/c1-7(2)9-4-11(16-13-9)14-6-8(5-12)3-10(14)15/h4,7-8H,3,5-6,12H2,1-2H3. The van der Waals surface area contributed by atoms with Crippen molar-refractivity contribution >= 4 is 11.8 Å². The van der Waals surface area contributed by atoms with Gasteiger partial charge in [-0.25, -0.2) is 0 Å². The molecule has 5 heteroatoms. The molecular formula is C11H17N3O2. The fourth-order valence-electron chi connectivity index (χ4n) is 1.83. The van der Waals surface area contributed by atoms with Gasteiger partial charge in [0.25, 0.3) is 0 Å². The molecular weight excluding hydrogens is 206 g/mol. The molecule has 1 saturated heterocycles. The van der Waals surface area contributed by atoms with E-state index in [0.29, 0.717) is 31.3 Å². The third kappa shape index (κ3) is 1.95. The molecule has 1 amide bonds. The number of rotatable bonds is 3. The molecule has 1 unspecified atom stereocenters. The van der Waals surface area contributed by atoms with Gasteiger partial charge >= 0.3 is 0 Å². The number of carbonyl (C=O) groups is 1. The molecule has 0 spiro atoms. The van der Waals surface area contributed by atoms with Crippen LogP contribution in [0.3, 0.4) is 0 Å². The second-order valence-corrected chi connectivity index (χ2v) is 4.55. The van der Waals surface area contributed by atoms with Crippen LogP contribution in [0.5, 0.6) is 0 Å². The first-order chi connectivity index (χ1) is 7.61. The van der Waals surface area contributed by atoms with Crippen LogP contribution in [0, 0.1) is 5.92 Å². The summed E-state index contributed by atoms with van der Waals surface area (Å²) in [6.07, 6.45) is 0.508. The average Bonchev–Trinajstić information content (AvgIpc) is 2.83. The molecule has 2 rings (SSSR count). The summed E-state index contributed by atoms with van der Waals surface area (Å²) in [4.78, 5) is 13.3. The zero-order chi connectivity index (χ0) is 11.7. The molecule has 0 aliphatic carbocycles. The summed E-state index contributed by atoms with van der Waals surface area (Å²) in [6, 6.07) is 1.83. The van der Waals surface area contributed by atoms with Gasteiger partial charge in [-0.1, -0.05) is 19.0 Å². The number of nitrogens with zero attached hydrogens (tertiary/aromatic N) is 2. The zero-order valence-corrected chi connectivity index (χ0v) is 9.64. The van der Waals surface area contributed by atoms with Crippen LogP contribution in [0.15, 0.2) is 10.6 Å². The molecule has 1 aromatic rings. The minimum atomic E-state index is 0.0712. The van der Waals surface area contributed by atoms with Crippen molar-refractivity contribution in [1.82, 2.24) is 5.16 Å². The quantitative estimate of drug-likeness (QED) is 0.833. The van der Waals surface area contributed by atoms with Crippen molar-refractivity contribution in [1.29, 1.82) is 0 Å². The lowest BCUT2D eigenvalue weighted by molar-refractivity contribution is -0.117. The number of nitrogens with two attached hydrogens (primary N) is 1. The molecule has 1 aromatic heterocycles. The summed E-state index contributed by atoms with van der Waals surface area (Å²) in [5, 5.41) is 3.95. The maximum atomic E-state index is 11.7. The fourth-order valence-corrected chi connectivity index (χ4v) is 1.83. The summed E-state index contributed by atoms with van der Waals surface area (Å²) >= 11 is 0. The highest BCUT2D eigenvalue weighted by Gasteiger charge is 2.32. The van der Waals surface area contributed by atoms with Crippen molar-refractivity contribution in [3.8, 4) is 0 Å². The molecule has 0 aromatic carbocycles. The van der Waals surface area contributed by atoms with Crippen molar-refractivity contribution in [2.24, 2.45) is 11.7 Å². The lowest BCUT2D eigenvalue weighted by atomic mass is 10.1. The van der Waals surface area contributed by atoms with Gasteiger partial charge in [0.1, 0.15) is 0 Å². The van der Waals surface area contributed by atoms with Crippen LogP contribution in [0.25, 0.3) is 0 Å². The molecule has 1 aliphatic rings. The molecule has 88 valence electrons. The highest BCUT2D eigenvalue weighted by Crippen LogP contribution is 2.27. The Labute approximate surface area is 94.6 Å². The topological polar surface area (TPSA) is 72.4 Å². The Morgan fingerprint density at radius 2 is 2.44 bits per heavy atom.